The monoisotopic (exact) mass is 245 g/mol. The molecule has 16 heavy (non-hydrogen) atoms. The highest BCUT2D eigenvalue weighted by Gasteiger charge is 2.20. The van der Waals surface area contributed by atoms with Crippen LogP contribution in [0.3, 0.4) is 0 Å². The van der Waals surface area contributed by atoms with Crippen molar-refractivity contribution >= 4 is 11.8 Å². The van der Waals surface area contributed by atoms with Gasteiger partial charge in [-0.15, -0.1) is 0 Å². The molecule has 0 amide bonds. The van der Waals surface area contributed by atoms with Crippen molar-refractivity contribution in [3.05, 3.63) is 0 Å². The molecule has 1 atom stereocenters. The molecule has 0 radical (unpaired) electrons. The van der Waals surface area contributed by atoms with Crippen LogP contribution in [-0.4, -0.2) is 35.8 Å². The van der Waals surface area contributed by atoms with Gasteiger partial charge >= 0.3 is 0 Å². The van der Waals surface area contributed by atoms with Crippen molar-refractivity contribution in [3.63, 3.8) is 0 Å². The lowest BCUT2D eigenvalue weighted by atomic mass is 9.98. The lowest BCUT2D eigenvalue weighted by molar-refractivity contribution is 0.173. The molecule has 1 unspecified atom stereocenters. The van der Waals surface area contributed by atoms with Crippen LogP contribution in [0, 0.1) is 5.92 Å². The lowest BCUT2D eigenvalue weighted by Gasteiger charge is -2.26. The smallest absolute Gasteiger partial charge is 0.0610 e. The molecule has 1 saturated carbocycles. The molecular weight excluding hydrogens is 218 g/mol. The average Bonchev–Trinajstić information content (AvgIpc) is 2.81. The minimum Gasteiger partial charge on any atom is -0.394 e. The summed E-state index contributed by atoms with van der Waals surface area (Å²) in [6, 6.07) is 0. The quantitative estimate of drug-likeness (QED) is 0.645. The second kappa shape index (κ2) is 7.57. The maximum Gasteiger partial charge on any atom is 0.0610 e. The summed E-state index contributed by atoms with van der Waals surface area (Å²) in [6.45, 7) is 2.32. The molecule has 0 saturated heterocycles. The second-order valence-electron chi connectivity index (χ2n) is 5.30. The summed E-state index contributed by atoms with van der Waals surface area (Å²) >= 11 is 2.10. The van der Waals surface area contributed by atoms with E-state index in [9.17, 15) is 5.11 Å². The maximum absolute atomic E-state index is 9.25. The number of rotatable bonds is 8. The number of aliphatic hydroxyl groups is 1. The Labute approximate surface area is 105 Å². The largest absolute Gasteiger partial charge is 0.394 e. The summed E-state index contributed by atoms with van der Waals surface area (Å²) < 4.78 is 0. The molecule has 0 aromatic heterocycles. The minimum atomic E-state index is -0.0755. The van der Waals surface area contributed by atoms with E-state index in [1.54, 1.807) is 0 Å². The number of hydrogen-bond acceptors (Lipinski definition) is 3. The second-order valence-corrected chi connectivity index (χ2v) is 6.45. The fourth-order valence-corrected chi connectivity index (χ4v) is 3.46. The number of hydrogen-bond donors (Lipinski definition) is 2. The van der Waals surface area contributed by atoms with Gasteiger partial charge in [0.1, 0.15) is 0 Å². The molecule has 0 heterocycles. The Hall–Kier alpha value is 0.270. The van der Waals surface area contributed by atoms with E-state index < -0.39 is 0 Å². The molecular formula is C13H27NOS. The van der Waals surface area contributed by atoms with Gasteiger partial charge in [-0.2, -0.15) is 11.8 Å². The Morgan fingerprint density at radius 2 is 2.06 bits per heavy atom. The normalized spacial score (nSPS) is 21.2. The van der Waals surface area contributed by atoms with Crippen LogP contribution in [0.25, 0.3) is 0 Å². The molecule has 0 aromatic rings. The molecule has 3 heteroatoms. The van der Waals surface area contributed by atoms with Crippen LogP contribution in [-0.2, 0) is 0 Å². The Morgan fingerprint density at radius 3 is 2.62 bits per heavy atom. The first kappa shape index (κ1) is 14.3. The summed E-state index contributed by atoms with van der Waals surface area (Å²) in [7, 11) is 1.93. The fraction of sp³-hybridized carbons (Fsp3) is 1.00. The van der Waals surface area contributed by atoms with Gasteiger partial charge in [0, 0.05) is 5.54 Å². The number of aliphatic hydroxyl groups excluding tert-OH is 1. The Morgan fingerprint density at radius 1 is 1.38 bits per heavy atom. The van der Waals surface area contributed by atoms with E-state index in [0.717, 1.165) is 12.3 Å². The Balaban J connectivity index is 1.98. The number of thioether (sulfide) groups is 1. The molecule has 0 spiro atoms. The van der Waals surface area contributed by atoms with Crippen molar-refractivity contribution < 1.29 is 5.11 Å². The van der Waals surface area contributed by atoms with Crippen LogP contribution < -0.4 is 5.32 Å². The minimum absolute atomic E-state index is 0.0755. The van der Waals surface area contributed by atoms with Crippen LogP contribution in [0.4, 0.5) is 0 Å². The summed E-state index contributed by atoms with van der Waals surface area (Å²) in [5, 5.41) is 12.4. The van der Waals surface area contributed by atoms with Gasteiger partial charge in [0.05, 0.1) is 6.61 Å². The highest BCUT2D eigenvalue weighted by molar-refractivity contribution is 7.99. The first-order chi connectivity index (χ1) is 7.70. The molecule has 1 aliphatic carbocycles. The predicted molar refractivity (Wildman–Crippen MR) is 73.1 cm³/mol. The van der Waals surface area contributed by atoms with Gasteiger partial charge in [0.15, 0.2) is 0 Å². The molecule has 0 aromatic carbocycles. The molecule has 0 bridgehead atoms. The third kappa shape index (κ3) is 5.07. The van der Waals surface area contributed by atoms with Crippen LogP contribution in [0.1, 0.15) is 45.4 Å². The van der Waals surface area contributed by atoms with Crippen molar-refractivity contribution in [3.8, 4) is 0 Å². The van der Waals surface area contributed by atoms with E-state index in [1.165, 1.54) is 43.6 Å². The topological polar surface area (TPSA) is 32.3 Å². The maximum atomic E-state index is 9.25. The van der Waals surface area contributed by atoms with Crippen LogP contribution in [0.5, 0.6) is 0 Å². The number of nitrogens with one attached hydrogen (secondary N) is 1. The Kier molecular flexibility index (Phi) is 6.78. The lowest BCUT2D eigenvalue weighted by Crippen LogP contribution is -2.43. The summed E-state index contributed by atoms with van der Waals surface area (Å²) in [5.74, 6) is 3.60. The summed E-state index contributed by atoms with van der Waals surface area (Å²) in [4.78, 5) is 0. The third-order valence-electron chi connectivity index (χ3n) is 3.80. The Bertz CT molecular complexity index is 177. The third-order valence-corrected chi connectivity index (χ3v) is 5.08. The number of likely N-dealkylation sites (N-methyl/N-ethyl adjacent to an activating group) is 1. The van der Waals surface area contributed by atoms with Gasteiger partial charge in [-0.1, -0.05) is 12.8 Å². The molecule has 2 nitrogen and oxygen atoms in total. The van der Waals surface area contributed by atoms with Crippen molar-refractivity contribution in [2.75, 3.05) is 25.2 Å². The summed E-state index contributed by atoms with van der Waals surface area (Å²) in [6.07, 6.45) is 8.09. The van der Waals surface area contributed by atoms with E-state index in [1.807, 2.05) is 7.05 Å². The fourth-order valence-electron chi connectivity index (χ4n) is 2.27. The van der Waals surface area contributed by atoms with Crippen molar-refractivity contribution in [2.24, 2.45) is 5.92 Å². The average molecular weight is 245 g/mol. The summed E-state index contributed by atoms with van der Waals surface area (Å²) in [5.41, 5.74) is -0.0755. The molecule has 1 aliphatic rings. The van der Waals surface area contributed by atoms with Crippen molar-refractivity contribution in [1.82, 2.24) is 5.32 Å². The molecule has 2 N–H and O–H groups in total. The standard InChI is InChI=1S/C13H27NOS/c1-13(11-15,14-2)8-5-9-16-10-12-6-3-4-7-12/h12,14-15H,3-11H2,1-2H3. The van der Waals surface area contributed by atoms with Gasteiger partial charge in [0.25, 0.3) is 0 Å². The first-order valence-corrected chi connectivity index (χ1v) is 7.73. The highest BCUT2D eigenvalue weighted by Crippen LogP contribution is 2.28. The van der Waals surface area contributed by atoms with Gasteiger partial charge in [-0.3, -0.25) is 0 Å². The van der Waals surface area contributed by atoms with Gasteiger partial charge in [-0.25, -0.2) is 0 Å². The predicted octanol–water partition coefficient (Wildman–Crippen LogP) is 2.66. The van der Waals surface area contributed by atoms with Crippen LogP contribution in [0.15, 0.2) is 0 Å². The van der Waals surface area contributed by atoms with E-state index in [-0.39, 0.29) is 12.1 Å². The van der Waals surface area contributed by atoms with E-state index in [0.29, 0.717) is 0 Å². The van der Waals surface area contributed by atoms with Gasteiger partial charge in [-0.05, 0) is 57.1 Å². The van der Waals surface area contributed by atoms with Crippen molar-refractivity contribution in [2.45, 2.75) is 51.0 Å². The van der Waals surface area contributed by atoms with E-state index in [2.05, 4.69) is 24.0 Å². The van der Waals surface area contributed by atoms with Crippen LogP contribution in [0.2, 0.25) is 0 Å². The van der Waals surface area contributed by atoms with Gasteiger partial charge < -0.3 is 10.4 Å². The first-order valence-electron chi connectivity index (χ1n) is 6.58. The molecule has 96 valence electrons. The molecule has 1 rings (SSSR count). The zero-order valence-corrected chi connectivity index (χ0v) is 11.6. The molecule has 1 fully saturated rings. The zero-order chi connectivity index (χ0) is 11.9. The zero-order valence-electron chi connectivity index (χ0n) is 10.8. The van der Waals surface area contributed by atoms with E-state index >= 15 is 0 Å². The molecule has 0 aliphatic heterocycles. The van der Waals surface area contributed by atoms with E-state index in [4.69, 9.17) is 0 Å². The SMILES string of the molecule is CNC(C)(CO)CCCSCC1CCCC1. The van der Waals surface area contributed by atoms with Crippen LogP contribution >= 0.6 is 11.8 Å². The van der Waals surface area contributed by atoms with Gasteiger partial charge in [0.2, 0.25) is 0 Å². The highest BCUT2D eigenvalue weighted by atomic mass is 32.2. The van der Waals surface area contributed by atoms with Crippen molar-refractivity contribution in [1.29, 1.82) is 0 Å².